The molecule has 0 radical (unpaired) electrons. The highest BCUT2D eigenvalue weighted by atomic mass is 16.2. The van der Waals surface area contributed by atoms with E-state index in [1.165, 1.54) is 0 Å². The standard InChI is InChI=1S/C21H33N3O2/c1-4-22-15-18-10-12-24(13-11-18)21(26)20(16(2)3)23-19(25)14-17-8-6-5-7-9-17/h5-9,16,18,20,22H,4,10-15H2,1-3H3,(H,23,25). The Morgan fingerprint density at radius 3 is 2.38 bits per heavy atom. The third-order valence-electron chi connectivity index (χ3n) is 5.07. The highest BCUT2D eigenvalue weighted by Gasteiger charge is 2.31. The maximum Gasteiger partial charge on any atom is 0.245 e. The van der Waals surface area contributed by atoms with Gasteiger partial charge in [0.25, 0.3) is 0 Å². The molecule has 0 aromatic heterocycles. The Bertz CT molecular complexity index is 566. The Morgan fingerprint density at radius 2 is 1.81 bits per heavy atom. The molecule has 0 aliphatic carbocycles. The van der Waals surface area contributed by atoms with Gasteiger partial charge in [-0.3, -0.25) is 9.59 Å². The molecule has 1 aromatic carbocycles. The van der Waals surface area contributed by atoms with Gasteiger partial charge in [0, 0.05) is 13.1 Å². The van der Waals surface area contributed by atoms with Crippen molar-refractivity contribution < 1.29 is 9.59 Å². The van der Waals surface area contributed by atoms with Gasteiger partial charge in [-0.25, -0.2) is 0 Å². The molecule has 2 rings (SSSR count). The Kier molecular flexibility index (Phi) is 8.10. The van der Waals surface area contributed by atoms with Crippen molar-refractivity contribution in [1.29, 1.82) is 0 Å². The molecule has 1 atom stereocenters. The molecule has 5 nitrogen and oxygen atoms in total. The summed E-state index contributed by atoms with van der Waals surface area (Å²) in [6.07, 6.45) is 2.37. The molecular formula is C21H33N3O2. The van der Waals surface area contributed by atoms with Crippen LogP contribution in [0.5, 0.6) is 0 Å². The van der Waals surface area contributed by atoms with Crippen molar-refractivity contribution in [3.63, 3.8) is 0 Å². The van der Waals surface area contributed by atoms with E-state index in [0.717, 1.165) is 44.6 Å². The number of nitrogens with zero attached hydrogens (tertiary/aromatic N) is 1. The van der Waals surface area contributed by atoms with Gasteiger partial charge in [-0.1, -0.05) is 51.1 Å². The molecule has 1 saturated heterocycles. The summed E-state index contributed by atoms with van der Waals surface area (Å²) in [6.45, 7) is 9.68. The molecular weight excluding hydrogens is 326 g/mol. The van der Waals surface area contributed by atoms with Gasteiger partial charge in [-0.05, 0) is 43.3 Å². The van der Waals surface area contributed by atoms with E-state index in [9.17, 15) is 9.59 Å². The number of piperidine rings is 1. The average molecular weight is 360 g/mol. The number of nitrogens with one attached hydrogen (secondary N) is 2. The minimum absolute atomic E-state index is 0.0586. The lowest BCUT2D eigenvalue weighted by atomic mass is 9.95. The number of benzene rings is 1. The molecule has 0 bridgehead atoms. The largest absolute Gasteiger partial charge is 0.344 e. The van der Waals surface area contributed by atoms with Crippen LogP contribution in [0, 0.1) is 11.8 Å². The van der Waals surface area contributed by atoms with Crippen LogP contribution in [0.1, 0.15) is 39.2 Å². The van der Waals surface area contributed by atoms with Crippen LogP contribution in [0.15, 0.2) is 30.3 Å². The molecule has 2 N–H and O–H groups in total. The van der Waals surface area contributed by atoms with Crippen molar-refractivity contribution in [3.05, 3.63) is 35.9 Å². The molecule has 0 saturated carbocycles. The summed E-state index contributed by atoms with van der Waals surface area (Å²) in [7, 11) is 0. The first-order chi connectivity index (χ1) is 12.5. The number of likely N-dealkylation sites (tertiary alicyclic amines) is 1. The smallest absolute Gasteiger partial charge is 0.245 e. The van der Waals surface area contributed by atoms with E-state index >= 15 is 0 Å². The van der Waals surface area contributed by atoms with Gasteiger partial charge >= 0.3 is 0 Å². The highest BCUT2D eigenvalue weighted by Crippen LogP contribution is 2.18. The molecule has 1 aliphatic heterocycles. The molecule has 1 aliphatic rings. The molecule has 1 heterocycles. The topological polar surface area (TPSA) is 61.4 Å². The van der Waals surface area contributed by atoms with Crippen LogP contribution in [0.3, 0.4) is 0 Å². The molecule has 26 heavy (non-hydrogen) atoms. The maximum absolute atomic E-state index is 12.9. The molecule has 2 amide bonds. The zero-order valence-electron chi connectivity index (χ0n) is 16.3. The summed E-state index contributed by atoms with van der Waals surface area (Å²) in [4.78, 5) is 27.3. The second-order valence-electron chi connectivity index (χ2n) is 7.53. The zero-order chi connectivity index (χ0) is 18.9. The predicted octanol–water partition coefficient (Wildman–Crippen LogP) is 2.22. The maximum atomic E-state index is 12.9. The quantitative estimate of drug-likeness (QED) is 0.748. The third-order valence-corrected chi connectivity index (χ3v) is 5.07. The number of rotatable bonds is 8. The minimum Gasteiger partial charge on any atom is -0.344 e. The summed E-state index contributed by atoms with van der Waals surface area (Å²) in [5, 5.41) is 6.36. The summed E-state index contributed by atoms with van der Waals surface area (Å²) >= 11 is 0. The Labute approximate surface area is 157 Å². The molecule has 5 heteroatoms. The normalized spacial score (nSPS) is 16.5. The van der Waals surface area contributed by atoms with Crippen LogP contribution >= 0.6 is 0 Å². The number of carbonyl (C=O) groups excluding carboxylic acids is 2. The predicted molar refractivity (Wildman–Crippen MR) is 105 cm³/mol. The van der Waals surface area contributed by atoms with Gasteiger partial charge in [-0.15, -0.1) is 0 Å². The minimum atomic E-state index is -0.448. The molecule has 1 unspecified atom stereocenters. The van der Waals surface area contributed by atoms with E-state index in [-0.39, 0.29) is 17.7 Å². The summed E-state index contributed by atoms with van der Waals surface area (Å²) in [6, 6.07) is 9.19. The lowest BCUT2D eigenvalue weighted by Crippen LogP contribution is -2.53. The lowest BCUT2D eigenvalue weighted by Gasteiger charge is -2.35. The molecule has 1 fully saturated rings. The number of hydrogen-bond donors (Lipinski definition) is 2. The van der Waals surface area contributed by atoms with Crippen LogP contribution in [0.25, 0.3) is 0 Å². The monoisotopic (exact) mass is 359 g/mol. The summed E-state index contributed by atoms with van der Waals surface area (Å²) in [5.41, 5.74) is 0.962. The lowest BCUT2D eigenvalue weighted by molar-refractivity contribution is -0.138. The van der Waals surface area contributed by atoms with Gasteiger partial charge in [0.1, 0.15) is 6.04 Å². The van der Waals surface area contributed by atoms with Crippen LogP contribution < -0.4 is 10.6 Å². The second-order valence-corrected chi connectivity index (χ2v) is 7.53. The van der Waals surface area contributed by atoms with Crippen molar-refractivity contribution >= 4 is 11.8 Å². The molecule has 1 aromatic rings. The Balaban J connectivity index is 1.88. The van der Waals surface area contributed by atoms with Gasteiger partial charge in [0.2, 0.25) is 11.8 Å². The first-order valence-corrected chi connectivity index (χ1v) is 9.84. The number of carbonyl (C=O) groups is 2. The van der Waals surface area contributed by atoms with Gasteiger partial charge in [0.15, 0.2) is 0 Å². The number of hydrogen-bond acceptors (Lipinski definition) is 3. The van der Waals surface area contributed by atoms with E-state index in [2.05, 4.69) is 17.6 Å². The van der Waals surface area contributed by atoms with Crippen molar-refractivity contribution in [1.82, 2.24) is 15.5 Å². The van der Waals surface area contributed by atoms with Crippen molar-refractivity contribution in [3.8, 4) is 0 Å². The molecule has 0 spiro atoms. The summed E-state index contributed by atoms with van der Waals surface area (Å²) in [5.74, 6) is 0.680. The first-order valence-electron chi connectivity index (χ1n) is 9.84. The average Bonchev–Trinajstić information content (AvgIpc) is 2.65. The zero-order valence-corrected chi connectivity index (χ0v) is 16.3. The SMILES string of the molecule is CCNCC1CCN(C(=O)C(NC(=O)Cc2ccccc2)C(C)C)CC1. The first kappa shape index (κ1) is 20.4. The van der Waals surface area contributed by atoms with Gasteiger partial charge in [-0.2, -0.15) is 0 Å². The highest BCUT2D eigenvalue weighted by molar-refractivity contribution is 5.88. The van der Waals surface area contributed by atoms with E-state index in [0.29, 0.717) is 12.3 Å². The van der Waals surface area contributed by atoms with Gasteiger partial charge in [0.05, 0.1) is 6.42 Å². The van der Waals surface area contributed by atoms with Crippen molar-refractivity contribution in [2.24, 2.45) is 11.8 Å². The molecule has 144 valence electrons. The Morgan fingerprint density at radius 1 is 1.15 bits per heavy atom. The second kappa shape index (κ2) is 10.3. The van der Waals surface area contributed by atoms with Crippen LogP contribution in [0.4, 0.5) is 0 Å². The van der Waals surface area contributed by atoms with E-state index in [4.69, 9.17) is 0 Å². The van der Waals surface area contributed by atoms with Crippen LogP contribution in [0.2, 0.25) is 0 Å². The van der Waals surface area contributed by atoms with E-state index < -0.39 is 6.04 Å². The fourth-order valence-electron chi connectivity index (χ4n) is 3.42. The Hall–Kier alpha value is -1.88. The number of amides is 2. The summed E-state index contributed by atoms with van der Waals surface area (Å²) < 4.78 is 0. The van der Waals surface area contributed by atoms with Gasteiger partial charge < -0.3 is 15.5 Å². The van der Waals surface area contributed by atoms with Crippen molar-refractivity contribution in [2.75, 3.05) is 26.2 Å². The fourth-order valence-corrected chi connectivity index (χ4v) is 3.42. The van der Waals surface area contributed by atoms with Crippen LogP contribution in [-0.4, -0.2) is 48.9 Å². The van der Waals surface area contributed by atoms with Crippen LogP contribution in [-0.2, 0) is 16.0 Å². The van der Waals surface area contributed by atoms with E-state index in [1.807, 2.05) is 49.1 Å². The van der Waals surface area contributed by atoms with Crippen molar-refractivity contribution in [2.45, 2.75) is 46.1 Å². The third kappa shape index (κ3) is 6.13. The fraction of sp³-hybridized carbons (Fsp3) is 0.619. The van der Waals surface area contributed by atoms with E-state index in [1.54, 1.807) is 0 Å².